The van der Waals surface area contributed by atoms with Crippen LogP contribution in [0.2, 0.25) is 0 Å². The fourth-order valence-corrected chi connectivity index (χ4v) is 1.71. The van der Waals surface area contributed by atoms with Crippen LogP contribution >= 0.6 is 11.6 Å². The lowest BCUT2D eigenvalue weighted by Crippen LogP contribution is -2.09. The van der Waals surface area contributed by atoms with Gasteiger partial charge in [0.2, 0.25) is 0 Å². The topological polar surface area (TPSA) is 42.2 Å². The molecule has 0 spiro atoms. The highest BCUT2D eigenvalue weighted by Crippen LogP contribution is 2.24. The number of rotatable bonds is 6. The van der Waals surface area contributed by atoms with Crippen LogP contribution in [0.4, 0.5) is 0 Å². The van der Waals surface area contributed by atoms with Gasteiger partial charge in [-0.3, -0.25) is 0 Å². The Bertz CT molecular complexity index is 389. The summed E-state index contributed by atoms with van der Waals surface area (Å²) in [5, 5.41) is 8.83. The molecule has 0 saturated heterocycles. The van der Waals surface area contributed by atoms with Crippen molar-refractivity contribution in [2.75, 3.05) is 25.7 Å². The third kappa shape index (κ3) is 4.26. The lowest BCUT2D eigenvalue weighted by molar-refractivity contribution is 0.111. The first-order valence-corrected chi connectivity index (χ1v) is 6.00. The largest absolute Gasteiger partial charge is 0.491 e. The van der Waals surface area contributed by atoms with E-state index in [1.165, 1.54) is 0 Å². The molecular formula is C13H16ClNO2. The molecule has 0 radical (unpaired) electrons. The fraction of sp³-hybridized carbons (Fsp3) is 0.462. The van der Waals surface area contributed by atoms with Gasteiger partial charge >= 0.3 is 0 Å². The van der Waals surface area contributed by atoms with Crippen LogP contribution in [0.1, 0.15) is 16.7 Å². The normalized spacial score (nSPS) is 10.0. The van der Waals surface area contributed by atoms with E-state index in [1.807, 2.05) is 26.0 Å². The molecule has 0 aromatic heterocycles. The molecule has 1 aromatic carbocycles. The van der Waals surface area contributed by atoms with Gasteiger partial charge in [0.25, 0.3) is 0 Å². The van der Waals surface area contributed by atoms with Gasteiger partial charge < -0.3 is 9.47 Å². The van der Waals surface area contributed by atoms with E-state index in [2.05, 4.69) is 6.07 Å². The standard InChI is InChI=1S/C13H16ClNO2/c1-10-7-12(9-15)8-11(2)13(10)17-6-5-16-4-3-14/h7-8H,3-6H2,1-2H3. The summed E-state index contributed by atoms with van der Waals surface area (Å²) in [5.74, 6) is 1.33. The summed E-state index contributed by atoms with van der Waals surface area (Å²) in [6.07, 6.45) is 0. The summed E-state index contributed by atoms with van der Waals surface area (Å²) < 4.78 is 10.9. The molecule has 0 aliphatic carbocycles. The van der Waals surface area contributed by atoms with Crippen LogP contribution in [0, 0.1) is 25.2 Å². The Balaban J connectivity index is 2.57. The number of nitriles is 1. The van der Waals surface area contributed by atoms with Gasteiger partial charge in [-0.05, 0) is 37.1 Å². The molecule has 4 heteroatoms. The second kappa shape index (κ2) is 7.16. The van der Waals surface area contributed by atoms with Crippen LogP contribution in [0.25, 0.3) is 0 Å². The van der Waals surface area contributed by atoms with Gasteiger partial charge in [-0.2, -0.15) is 5.26 Å². The number of nitrogens with zero attached hydrogens (tertiary/aromatic N) is 1. The van der Waals surface area contributed by atoms with Crippen molar-refractivity contribution in [2.24, 2.45) is 0 Å². The van der Waals surface area contributed by atoms with Crippen molar-refractivity contribution in [3.05, 3.63) is 28.8 Å². The first-order valence-electron chi connectivity index (χ1n) is 5.47. The molecule has 1 aromatic rings. The van der Waals surface area contributed by atoms with E-state index in [4.69, 9.17) is 26.3 Å². The molecule has 0 aliphatic rings. The van der Waals surface area contributed by atoms with Crippen molar-refractivity contribution in [3.8, 4) is 11.8 Å². The Morgan fingerprint density at radius 2 is 1.82 bits per heavy atom. The van der Waals surface area contributed by atoms with Gasteiger partial charge in [0, 0.05) is 5.88 Å². The second-order valence-electron chi connectivity index (χ2n) is 3.70. The lowest BCUT2D eigenvalue weighted by Gasteiger charge is -2.12. The van der Waals surface area contributed by atoms with Gasteiger partial charge in [0.15, 0.2) is 0 Å². The molecule has 3 nitrogen and oxygen atoms in total. The van der Waals surface area contributed by atoms with E-state index < -0.39 is 0 Å². The number of halogens is 1. The van der Waals surface area contributed by atoms with Crippen LogP contribution in [0.5, 0.6) is 5.75 Å². The maximum atomic E-state index is 8.83. The van der Waals surface area contributed by atoms with Crippen LogP contribution in [-0.2, 0) is 4.74 Å². The number of hydrogen-bond acceptors (Lipinski definition) is 3. The number of aryl methyl sites for hydroxylation is 2. The van der Waals surface area contributed by atoms with E-state index in [0.29, 0.717) is 31.3 Å². The summed E-state index contributed by atoms with van der Waals surface area (Å²) in [6, 6.07) is 5.77. The second-order valence-corrected chi connectivity index (χ2v) is 4.08. The molecule has 0 atom stereocenters. The molecule has 92 valence electrons. The first-order chi connectivity index (χ1) is 8.19. The van der Waals surface area contributed by atoms with Gasteiger partial charge in [0.05, 0.1) is 24.8 Å². The Morgan fingerprint density at radius 3 is 2.35 bits per heavy atom. The first kappa shape index (κ1) is 13.8. The van der Waals surface area contributed by atoms with Crippen LogP contribution in [-0.4, -0.2) is 25.7 Å². The summed E-state index contributed by atoms with van der Waals surface area (Å²) >= 11 is 5.48. The van der Waals surface area contributed by atoms with Crippen molar-refractivity contribution in [1.29, 1.82) is 5.26 Å². The van der Waals surface area contributed by atoms with Crippen LogP contribution in [0.15, 0.2) is 12.1 Å². The van der Waals surface area contributed by atoms with E-state index in [-0.39, 0.29) is 0 Å². The monoisotopic (exact) mass is 253 g/mol. The average Bonchev–Trinajstić information content (AvgIpc) is 2.31. The fourth-order valence-electron chi connectivity index (χ4n) is 1.60. The highest BCUT2D eigenvalue weighted by Gasteiger charge is 2.06. The minimum absolute atomic E-state index is 0.491. The quantitative estimate of drug-likeness (QED) is 0.578. The molecule has 1 rings (SSSR count). The summed E-state index contributed by atoms with van der Waals surface area (Å²) in [7, 11) is 0. The Morgan fingerprint density at radius 1 is 1.18 bits per heavy atom. The van der Waals surface area contributed by atoms with Gasteiger partial charge in [-0.25, -0.2) is 0 Å². The maximum Gasteiger partial charge on any atom is 0.125 e. The third-order valence-corrected chi connectivity index (χ3v) is 2.44. The van der Waals surface area contributed by atoms with Crippen molar-refractivity contribution < 1.29 is 9.47 Å². The predicted molar refractivity (Wildman–Crippen MR) is 67.7 cm³/mol. The molecule has 0 amide bonds. The maximum absolute atomic E-state index is 8.83. The zero-order chi connectivity index (χ0) is 12.7. The van der Waals surface area contributed by atoms with Crippen molar-refractivity contribution in [2.45, 2.75) is 13.8 Å². The Hall–Kier alpha value is -1.24. The molecular weight excluding hydrogens is 238 g/mol. The number of alkyl halides is 1. The summed E-state index contributed by atoms with van der Waals surface area (Å²) in [4.78, 5) is 0. The molecule has 0 unspecified atom stereocenters. The molecule has 0 aliphatic heterocycles. The van der Waals surface area contributed by atoms with Crippen LogP contribution in [0.3, 0.4) is 0 Å². The van der Waals surface area contributed by atoms with Crippen molar-refractivity contribution in [3.63, 3.8) is 0 Å². The van der Waals surface area contributed by atoms with E-state index in [1.54, 1.807) is 0 Å². The number of benzene rings is 1. The zero-order valence-corrected chi connectivity index (χ0v) is 10.9. The predicted octanol–water partition coefficient (Wildman–Crippen LogP) is 2.81. The Kier molecular flexibility index (Phi) is 5.82. The van der Waals surface area contributed by atoms with E-state index in [0.717, 1.165) is 16.9 Å². The van der Waals surface area contributed by atoms with Gasteiger partial charge in [-0.1, -0.05) is 0 Å². The van der Waals surface area contributed by atoms with Gasteiger partial charge in [-0.15, -0.1) is 11.6 Å². The van der Waals surface area contributed by atoms with E-state index >= 15 is 0 Å². The Labute approximate surface area is 107 Å². The van der Waals surface area contributed by atoms with Crippen molar-refractivity contribution >= 4 is 11.6 Å². The van der Waals surface area contributed by atoms with Crippen LogP contribution < -0.4 is 4.74 Å². The smallest absolute Gasteiger partial charge is 0.125 e. The highest BCUT2D eigenvalue weighted by molar-refractivity contribution is 6.17. The molecule has 0 bridgehead atoms. The molecule has 0 heterocycles. The molecule has 0 saturated carbocycles. The lowest BCUT2D eigenvalue weighted by atomic mass is 10.1. The SMILES string of the molecule is Cc1cc(C#N)cc(C)c1OCCOCCCl. The zero-order valence-electron chi connectivity index (χ0n) is 10.1. The average molecular weight is 254 g/mol. The number of hydrogen-bond donors (Lipinski definition) is 0. The van der Waals surface area contributed by atoms with Gasteiger partial charge in [0.1, 0.15) is 12.4 Å². The highest BCUT2D eigenvalue weighted by atomic mass is 35.5. The minimum Gasteiger partial charge on any atom is -0.491 e. The third-order valence-electron chi connectivity index (χ3n) is 2.28. The summed E-state index contributed by atoms with van der Waals surface area (Å²) in [6.45, 7) is 5.41. The molecule has 0 fully saturated rings. The van der Waals surface area contributed by atoms with Crippen molar-refractivity contribution in [1.82, 2.24) is 0 Å². The minimum atomic E-state index is 0.491. The summed E-state index contributed by atoms with van der Waals surface area (Å²) in [5.41, 5.74) is 2.60. The molecule has 0 N–H and O–H groups in total. The number of ether oxygens (including phenoxy) is 2. The van der Waals surface area contributed by atoms with E-state index in [9.17, 15) is 0 Å². The molecule has 17 heavy (non-hydrogen) atoms.